The maximum absolute atomic E-state index is 10.7. The highest BCUT2D eigenvalue weighted by molar-refractivity contribution is 9.10. The van der Waals surface area contributed by atoms with Crippen molar-refractivity contribution in [3.63, 3.8) is 0 Å². The average Bonchev–Trinajstić information content (AvgIpc) is 2.99. The molecule has 1 saturated heterocycles. The lowest BCUT2D eigenvalue weighted by atomic mass is 10.2. The van der Waals surface area contributed by atoms with Gasteiger partial charge >= 0.3 is 0 Å². The van der Waals surface area contributed by atoms with Crippen molar-refractivity contribution in [2.45, 2.75) is 6.92 Å². The first kappa shape index (κ1) is 17.5. The van der Waals surface area contributed by atoms with Crippen molar-refractivity contribution < 1.29 is 14.3 Å². The largest absolute Gasteiger partial charge is 0.496 e. The number of H-pyrrole nitrogens is 1. The molecule has 0 unspecified atom stereocenters. The van der Waals surface area contributed by atoms with Gasteiger partial charge in [-0.25, -0.2) is 0 Å². The summed E-state index contributed by atoms with van der Waals surface area (Å²) in [6.07, 6.45) is 2.35. The number of aromatic nitrogens is 1. The molecule has 2 heterocycles. The number of halogens is 1. The number of amides is 1. The Hall–Kier alpha value is -1.86. The van der Waals surface area contributed by atoms with Gasteiger partial charge in [-0.1, -0.05) is 0 Å². The van der Waals surface area contributed by atoms with E-state index < -0.39 is 5.91 Å². The van der Waals surface area contributed by atoms with Gasteiger partial charge in [0.05, 0.1) is 12.6 Å². The fourth-order valence-electron chi connectivity index (χ4n) is 2.47. The minimum absolute atomic E-state index is 0.366. The molecule has 7 heteroatoms. The molecule has 1 aliphatic rings. The number of nitrogens with one attached hydrogen (secondary N) is 2. The van der Waals surface area contributed by atoms with E-state index in [-0.39, 0.29) is 0 Å². The molecule has 124 valence electrons. The van der Waals surface area contributed by atoms with Crippen LogP contribution >= 0.6 is 15.9 Å². The number of ether oxygens (including phenoxy) is 1. The fraction of sp³-hybridized carbons (Fsp3) is 0.375. The van der Waals surface area contributed by atoms with Gasteiger partial charge < -0.3 is 19.9 Å². The molecule has 1 amide bonds. The van der Waals surface area contributed by atoms with Crippen LogP contribution in [0.2, 0.25) is 0 Å². The third kappa shape index (κ3) is 4.11. The lowest BCUT2D eigenvalue weighted by Gasteiger charge is -2.25. The second kappa shape index (κ2) is 8.12. The summed E-state index contributed by atoms with van der Waals surface area (Å²) in [5.74, 6) is 0.512. The molecule has 1 aliphatic heterocycles. The first-order chi connectivity index (χ1) is 11.1. The maximum atomic E-state index is 10.7. The number of carbonyl (C=O) groups is 2. The van der Waals surface area contributed by atoms with Crippen molar-refractivity contribution in [2.75, 3.05) is 33.3 Å². The zero-order valence-corrected chi connectivity index (χ0v) is 14.8. The van der Waals surface area contributed by atoms with Crippen LogP contribution in [-0.4, -0.2) is 55.4 Å². The monoisotopic (exact) mass is 381 g/mol. The first-order valence-corrected chi connectivity index (χ1v) is 8.12. The van der Waals surface area contributed by atoms with Crippen LogP contribution in [-0.2, 0) is 9.59 Å². The quantitative estimate of drug-likeness (QED) is 0.614. The molecule has 2 aromatic rings. The molecule has 1 aromatic heterocycles. The number of nitrogens with zero attached hydrogens (tertiary/aromatic N) is 1. The zero-order chi connectivity index (χ0) is 16.8. The minimum Gasteiger partial charge on any atom is -0.496 e. The number of aromatic amines is 1. The lowest BCUT2D eigenvalue weighted by molar-refractivity contribution is -0.139. The molecule has 0 radical (unpaired) electrons. The Morgan fingerprint density at radius 3 is 2.65 bits per heavy atom. The van der Waals surface area contributed by atoms with E-state index in [9.17, 15) is 9.59 Å². The zero-order valence-electron chi connectivity index (χ0n) is 13.2. The summed E-state index contributed by atoms with van der Waals surface area (Å²) >= 11 is 3.49. The minimum atomic E-state index is -0.401. The van der Waals surface area contributed by atoms with E-state index in [4.69, 9.17) is 4.74 Å². The smallest absolute Gasteiger partial charge is 0.286 e. The van der Waals surface area contributed by atoms with Crippen molar-refractivity contribution >= 4 is 39.0 Å². The van der Waals surface area contributed by atoms with Crippen molar-refractivity contribution in [1.29, 1.82) is 0 Å². The Kier molecular flexibility index (Phi) is 6.18. The molecule has 1 aromatic carbocycles. The van der Waals surface area contributed by atoms with Gasteiger partial charge in [0, 0.05) is 42.2 Å². The van der Waals surface area contributed by atoms with Gasteiger partial charge in [0.1, 0.15) is 5.75 Å². The van der Waals surface area contributed by atoms with Crippen LogP contribution in [0.15, 0.2) is 22.8 Å². The summed E-state index contributed by atoms with van der Waals surface area (Å²) < 4.78 is 6.35. The molecule has 6 nitrogen and oxygen atoms in total. The van der Waals surface area contributed by atoms with Gasteiger partial charge in [-0.2, -0.15) is 0 Å². The van der Waals surface area contributed by atoms with Crippen LogP contribution < -0.4 is 10.1 Å². The summed E-state index contributed by atoms with van der Waals surface area (Å²) in [7, 11) is 1.69. The van der Waals surface area contributed by atoms with Crippen LogP contribution in [0.1, 0.15) is 5.56 Å². The number of methoxy groups -OCH3 is 1. The van der Waals surface area contributed by atoms with E-state index in [1.165, 1.54) is 5.56 Å². The molecular formula is C16H20BrN3O3. The normalized spacial score (nSPS) is 14.1. The number of benzene rings is 1. The van der Waals surface area contributed by atoms with Crippen LogP contribution in [0.5, 0.6) is 5.75 Å². The summed E-state index contributed by atoms with van der Waals surface area (Å²) in [5, 5.41) is 4.23. The van der Waals surface area contributed by atoms with E-state index in [2.05, 4.69) is 33.2 Å². The topological polar surface area (TPSA) is 74.4 Å². The molecule has 0 bridgehead atoms. The number of aryl methyl sites for hydroxylation is 1. The van der Waals surface area contributed by atoms with E-state index in [1.54, 1.807) is 12.0 Å². The van der Waals surface area contributed by atoms with E-state index in [1.807, 2.05) is 18.3 Å². The van der Waals surface area contributed by atoms with Crippen molar-refractivity contribution in [3.05, 3.63) is 28.4 Å². The Morgan fingerprint density at radius 2 is 2.04 bits per heavy atom. The van der Waals surface area contributed by atoms with Crippen LogP contribution in [0.4, 0.5) is 0 Å². The lowest BCUT2D eigenvalue weighted by Crippen LogP contribution is -2.46. The maximum Gasteiger partial charge on any atom is 0.286 e. The van der Waals surface area contributed by atoms with Gasteiger partial charge in [-0.3, -0.25) is 9.59 Å². The number of carbonyl (C=O) groups excluding carboxylic acids is 2. The highest BCUT2D eigenvalue weighted by Gasteiger charge is 2.14. The summed E-state index contributed by atoms with van der Waals surface area (Å²) in [6, 6.07) is 3.95. The van der Waals surface area contributed by atoms with Gasteiger partial charge in [0.25, 0.3) is 5.91 Å². The standard InChI is InChI=1S/C10H10BrNO.C6H10N2O2/c1-6-5-12-10-7(11)3-4-8(13-2)9(6)10;9-5-6(10)8-3-1-7-2-4-8/h3-5,12H,1-2H3;5,7H,1-4H2. The number of hydrogen-bond acceptors (Lipinski definition) is 4. The molecule has 0 atom stereocenters. The fourth-order valence-corrected chi connectivity index (χ4v) is 2.92. The molecule has 3 rings (SSSR count). The predicted octanol–water partition coefficient (Wildman–Crippen LogP) is 1.86. The van der Waals surface area contributed by atoms with Crippen molar-refractivity contribution in [2.24, 2.45) is 0 Å². The number of rotatable bonds is 2. The van der Waals surface area contributed by atoms with Crippen LogP contribution in [0.25, 0.3) is 10.9 Å². The molecule has 23 heavy (non-hydrogen) atoms. The molecule has 2 N–H and O–H groups in total. The van der Waals surface area contributed by atoms with Gasteiger partial charge in [0.2, 0.25) is 6.29 Å². The van der Waals surface area contributed by atoms with E-state index in [0.717, 1.165) is 34.2 Å². The van der Waals surface area contributed by atoms with Crippen molar-refractivity contribution in [3.8, 4) is 5.75 Å². The third-order valence-electron chi connectivity index (χ3n) is 3.69. The molecular weight excluding hydrogens is 362 g/mol. The summed E-state index contributed by atoms with van der Waals surface area (Å²) in [5.41, 5.74) is 2.30. The average molecular weight is 382 g/mol. The summed E-state index contributed by atoms with van der Waals surface area (Å²) in [4.78, 5) is 25.4. The number of aldehydes is 1. The summed E-state index contributed by atoms with van der Waals surface area (Å²) in [6.45, 7) is 4.95. The Labute approximate surface area is 143 Å². The third-order valence-corrected chi connectivity index (χ3v) is 4.35. The number of fused-ring (bicyclic) bond motifs is 1. The predicted molar refractivity (Wildman–Crippen MR) is 92.8 cm³/mol. The number of hydrogen-bond donors (Lipinski definition) is 2. The van der Waals surface area contributed by atoms with Crippen LogP contribution in [0, 0.1) is 6.92 Å². The Morgan fingerprint density at radius 1 is 1.35 bits per heavy atom. The van der Waals surface area contributed by atoms with Gasteiger partial charge in [-0.15, -0.1) is 0 Å². The molecule has 0 spiro atoms. The molecule has 1 fully saturated rings. The Bertz CT molecular complexity index is 693. The van der Waals surface area contributed by atoms with E-state index in [0.29, 0.717) is 19.4 Å². The SMILES string of the molecule is COc1ccc(Br)c2[nH]cc(C)c12.O=CC(=O)N1CCNCC1. The van der Waals surface area contributed by atoms with Crippen LogP contribution in [0.3, 0.4) is 0 Å². The first-order valence-electron chi connectivity index (χ1n) is 7.33. The molecule has 0 saturated carbocycles. The molecule has 0 aliphatic carbocycles. The van der Waals surface area contributed by atoms with Gasteiger partial charge in [0.15, 0.2) is 0 Å². The highest BCUT2D eigenvalue weighted by Crippen LogP contribution is 2.32. The second-order valence-corrected chi connectivity index (χ2v) is 6.02. The second-order valence-electron chi connectivity index (χ2n) is 5.16. The van der Waals surface area contributed by atoms with Crippen molar-refractivity contribution in [1.82, 2.24) is 15.2 Å². The highest BCUT2D eigenvalue weighted by atomic mass is 79.9. The number of piperazine rings is 1. The van der Waals surface area contributed by atoms with E-state index >= 15 is 0 Å². The van der Waals surface area contributed by atoms with Gasteiger partial charge in [-0.05, 0) is 40.5 Å². The Balaban J connectivity index is 0.000000174.